The van der Waals surface area contributed by atoms with Gasteiger partial charge in [0.05, 0.1) is 5.70 Å². The van der Waals surface area contributed by atoms with Crippen LogP contribution in [0, 0.1) is 0 Å². The SMILES string of the molecule is C\C=C/C=C\C(C)=C(/CNC1(C2=CCCC=C2)CC1)N=C(C)c1cccnc1. The maximum atomic E-state index is 4.98. The first-order valence-corrected chi connectivity index (χ1v) is 10.2. The zero-order valence-corrected chi connectivity index (χ0v) is 17.3. The summed E-state index contributed by atoms with van der Waals surface area (Å²) in [5.41, 5.74) is 5.90. The van der Waals surface area contributed by atoms with Crippen molar-refractivity contribution in [1.29, 1.82) is 0 Å². The highest BCUT2D eigenvalue weighted by atomic mass is 15.0. The smallest absolute Gasteiger partial charge is 0.0574 e. The molecule has 0 saturated heterocycles. The topological polar surface area (TPSA) is 37.3 Å². The van der Waals surface area contributed by atoms with Crippen molar-refractivity contribution >= 4 is 5.71 Å². The van der Waals surface area contributed by atoms with Gasteiger partial charge in [-0.2, -0.15) is 0 Å². The minimum Gasteiger partial charge on any atom is -0.302 e. The van der Waals surface area contributed by atoms with Crippen LogP contribution in [-0.4, -0.2) is 22.8 Å². The zero-order chi connectivity index (χ0) is 19.8. The van der Waals surface area contributed by atoms with Gasteiger partial charge in [-0.3, -0.25) is 9.98 Å². The van der Waals surface area contributed by atoms with E-state index in [1.165, 1.54) is 24.0 Å². The fourth-order valence-electron chi connectivity index (χ4n) is 3.43. The van der Waals surface area contributed by atoms with Gasteiger partial charge in [-0.05, 0) is 63.7 Å². The highest BCUT2D eigenvalue weighted by Gasteiger charge is 2.44. The third-order valence-electron chi connectivity index (χ3n) is 5.38. The average molecular weight is 374 g/mol. The molecule has 0 atom stereocenters. The predicted molar refractivity (Wildman–Crippen MR) is 120 cm³/mol. The van der Waals surface area contributed by atoms with Gasteiger partial charge in [-0.1, -0.05) is 48.6 Å². The number of pyridine rings is 1. The average Bonchev–Trinajstić information content (AvgIpc) is 3.53. The molecule has 146 valence electrons. The molecule has 1 fully saturated rings. The third kappa shape index (κ3) is 5.26. The fraction of sp³-hybridized carbons (Fsp3) is 0.360. The van der Waals surface area contributed by atoms with Crippen LogP contribution in [0.3, 0.4) is 0 Å². The number of allylic oxidation sites excluding steroid dienone is 7. The number of nitrogens with one attached hydrogen (secondary N) is 1. The Morgan fingerprint density at radius 3 is 2.75 bits per heavy atom. The number of nitrogens with zero attached hydrogens (tertiary/aromatic N) is 2. The second-order valence-corrected chi connectivity index (χ2v) is 7.53. The highest BCUT2D eigenvalue weighted by Crippen LogP contribution is 2.44. The summed E-state index contributed by atoms with van der Waals surface area (Å²) in [5.74, 6) is 0. The van der Waals surface area contributed by atoms with Crippen molar-refractivity contribution in [2.45, 2.75) is 52.0 Å². The Morgan fingerprint density at radius 1 is 1.25 bits per heavy atom. The predicted octanol–water partition coefficient (Wildman–Crippen LogP) is 5.70. The summed E-state index contributed by atoms with van der Waals surface area (Å²) >= 11 is 0. The summed E-state index contributed by atoms with van der Waals surface area (Å²) in [5, 5.41) is 3.82. The van der Waals surface area contributed by atoms with Gasteiger partial charge >= 0.3 is 0 Å². The van der Waals surface area contributed by atoms with Crippen LogP contribution in [0.5, 0.6) is 0 Å². The van der Waals surface area contributed by atoms with Crippen LogP contribution in [-0.2, 0) is 0 Å². The molecule has 0 radical (unpaired) electrons. The molecule has 3 nitrogen and oxygen atoms in total. The van der Waals surface area contributed by atoms with Crippen molar-refractivity contribution in [1.82, 2.24) is 10.3 Å². The molecule has 0 bridgehead atoms. The van der Waals surface area contributed by atoms with E-state index >= 15 is 0 Å². The second kappa shape index (κ2) is 9.61. The summed E-state index contributed by atoms with van der Waals surface area (Å²) in [4.78, 5) is 9.21. The Bertz CT molecular complexity index is 847. The maximum absolute atomic E-state index is 4.98. The Labute approximate surface area is 169 Å². The van der Waals surface area contributed by atoms with E-state index in [0.29, 0.717) is 0 Å². The molecular weight excluding hydrogens is 342 g/mol. The van der Waals surface area contributed by atoms with Gasteiger partial charge in [-0.25, -0.2) is 0 Å². The van der Waals surface area contributed by atoms with E-state index in [1.807, 2.05) is 31.3 Å². The Kier molecular flexibility index (Phi) is 6.94. The summed E-state index contributed by atoms with van der Waals surface area (Å²) in [6, 6.07) is 4.01. The second-order valence-electron chi connectivity index (χ2n) is 7.53. The number of rotatable bonds is 8. The normalized spacial score (nSPS) is 19.8. The lowest BCUT2D eigenvalue weighted by Gasteiger charge is -2.22. The van der Waals surface area contributed by atoms with Gasteiger partial charge < -0.3 is 5.32 Å². The molecule has 1 aromatic heterocycles. The lowest BCUT2D eigenvalue weighted by atomic mass is 9.98. The van der Waals surface area contributed by atoms with Crippen LogP contribution in [0.1, 0.15) is 52.0 Å². The van der Waals surface area contributed by atoms with E-state index in [0.717, 1.165) is 36.4 Å². The van der Waals surface area contributed by atoms with E-state index in [2.05, 4.69) is 60.6 Å². The minimum atomic E-state index is 0.146. The first-order valence-electron chi connectivity index (χ1n) is 10.2. The van der Waals surface area contributed by atoms with E-state index in [1.54, 1.807) is 6.20 Å². The molecule has 0 spiro atoms. The van der Waals surface area contributed by atoms with Crippen LogP contribution in [0.15, 0.2) is 88.9 Å². The Morgan fingerprint density at radius 2 is 2.11 bits per heavy atom. The van der Waals surface area contributed by atoms with Crippen molar-refractivity contribution in [3.8, 4) is 0 Å². The maximum Gasteiger partial charge on any atom is 0.0574 e. The molecule has 1 N–H and O–H groups in total. The third-order valence-corrected chi connectivity index (χ3v) is 5.38. The van der Waals surface area contributed by atoms with Gasteiger partial charge in [-0.15, -0.1) is 0 Å². The molecule has 2 aliphatic rings. The van der Waals surface area contributed by atoms with Gasteiger partial charge in [0.2, 0.25) is 0 Å². The molecular formula is C25H31N3. The molecule has 1 aromatic rings. The quantitative estimate of drug-likeness (QED) is 0.469. The zero-order valence-electron chi connectivity index (χ0n) is 17.3. The van der Waals surface area contributed by atoms with Gasteiger partial charge in [0, 0.05) is 35.8 Å². The molecule has 1 heterocycles. The van der Waals surface area contributed by atoms with E-state index in [-0.39, 0.29) is 5.54 Å². The van der Waals surface area contributed by atoms with Gasteiger partial charge in [0.1, 0.15) is 0 Å². The molecule has 3 rings (SSSR count). The van der Waals surface area contributed by atoms with E-state index in [9.17, 15) is 0 Å². The number of hydrogen-bond donors (Lipinski definition) is 1. The molecule has 1 saturated carbocycles. The summed E-state index contributed by atoms with van der Waals surface area (Å²) < 4.78 is 0. The lowest BCUT2D eigenvalue weighted by Crippen LogP contribution is -2.34. The summed E-state index contributed by atoms with van der Waals surface area (Å²) in [6.07, 6.45) is 23.7. The van der Waals surface area contributed by atoms with Crippen LogP contribution >= 0.6 is 0 Å². The summed E-state index contributed by atoms with van der Waals surface area (Å²) in [7, 11) is 0. The van der Waals surface area contributed by atoms with Crippen molar-refractivity contribution < 1.29 is 0 Å². The standard InChI is InChI=1S/C25H31N3/c1-4-5-7-11-20(2)24(28-21(3)22-12-10-17-26-18-22)19-27-25(15-16-25)23-13-8-6-9-14-23/h4-5,7-8,10-14,17-18,27H,6,9,15-16,19H2,1-3H3/b5-4-,11-7-,24-20+,28-21?. The van der Waals surface area contributed by atoms with Gasteiger partial charge in [0.15, 0.2) is 0 Å². The Balaban J connectivity index is 1.82. The minimum absolute atomic E-state index is 0.146. The molecule has 0 aromatic carbocycles. The van der Waals surface area contributed by atoms with Crippen molar-refractivity contribution in [3.63, 3.8) is 0 Å². The first-order chi connectivity index (χ1) is 13.6. The fourth-order valence-corrected chi connectivity index (χ4v) is 3.43. The Hall–Kier alpha value is -2.52. The van der Waals surface area contributed by atoms with Crippen LogP contribution < -0.4 is 5.32 Å². The molecule has 2 aliphatic carbocycles. The number of hydrogen-bond acceptors (Lipinski definition) is 3. The van der Waals surface area contributed by atoms with Crippen molar-refractivity contribution in [3.05, 3.63) is 89.5 Å². The van der Waals surface area contributed by atoms with E-state index < -0.39 is 0 Å². The monoisotopic (exact) mass is 373 g/mol. The lowest BCUT2D eigenvalue weighted by molar-refractivity contribution is 0.593. The van der Waals surface area contributed by atoms with Crippen molar-refractivity contribution in [2.24, 2.45) is 4.99 Å². The van der Waals surface area contributed by atoms with Crippen LogP contribution in [0.2, 0.25) is 0 Å². The number of aromatic nitrogens is 1. The number of aliphatic imine (C=N–C) groups is 1. The molecule has 0 unspecified atom stereocenters. The van der Waals surface area contributed by atoms with E-state index in [4.69, 9.17) is 4.99 Å². The van der Waals surface area contributed by atoms with Crippen LogP contribution in [0.4, 0.5) is 0 Å². The molecule has 0 aliphatic heterocycles. The molecule has 3 heteroatoms. The van der Waals surface area contributed by atoms with Gasteiger partial charge in [0.25, 0.3) is 0 Å². The molecule has 28 heavy (non-hydrogen) atoms. The largest absolute Gasteiger partial charge is 0.302 e. The first kappa shape index (κ1) is 20.2. The summed E-state index contributed by atoms with van der Waals surface area (Å²) in [6.45, 7) is 6.98. The van der Waals surface area contributed by atoms with Crippen LogP contribution in [0.25, 0.3) is 0 Å². The van der Waals surface area contributed by atoms with Crippen molar-refractivity contribution in [2.75, 3.05) is 6.54 Å². The molecule has 0 amide bonds. The highest BCUT2D eigenvalue weighted by molar-refractivity contribution is 5.99.